The van der Waals surface area contributed by atoms with Crippen LogP contribution < -0.4 is 5.32 Å². The van der Waals surface area contributed by atoms with Crippen LogP contribution in [0.2, 0.25) is 0 Å². The molecule has 0 radical (unpaired) electrons. The van der Waals surface area contributed by atoms with E-state index in [0.717, 1.165) is 22.3 Å². The van der Waals surface area contributed by atoms with Gasteiger partial charge in [-0.1, -0.05) is 42.0 Å². The largest absolute Gasteiger partial charge is 0.354 e. The highest BCUT2D eigenvalue weighted by Gasteiger charge is 2.17. The van der Waals surface area contributed by atoms with E-state index in [2.05, 4.69) is 58.5 Å². The number of hydrogen-bond acceptors (Lipinski definition) is 3. The van der Waals surface area contributed by atoms with Gasteiger partial charge in [-0.2, -0.15) is 5.10 Å². The summed E-state index contributed by atoms with van der Waals surface area (Å²) in [5, 5.41) is 8.26. The first-order valence-electron chi connectivity index (χ1n) is 9.33. The average Bonchev–Trinajstić information content (AvgIpc) is 3.35. The normalized spacial score (nSPS) is 12.2. The lowest BCUT2D eigenvalue weighted by molar-refractivity contribution is -0.124. The number of nitrogens with zero attached hydrogens (tertiary/aromatic N) is 3. The van der Waals surface area contributed by atoms with Gasteiger partial charge in [-0.3, -0.25) is 4.79 Å². The van der Waals surface area contributed by atoms with Gasteiger partial charge in [0.1, 0.15) is 18.7 Å². The van der Waals surface area contributed by atoms with Crippen molar-refractivity contribution in [1.29, 1.82) is 0 Å². The number of amides is 1. The van der Waals surface area contributed by atoms with E-state index in [-0.39, 0.29) is 5.91 Å². The van der Waals surface area contributed by atoms with Crippen molar-refractivity contribution in [2.24, 2.45) is 0 Å². The average molecular weight is 373 g/mol. The third kappa shape index (κ3) is 3.29. The zero-order valence-corrected chi connectivity index (χ0v) is 16.2. The van der Waals surface area contributed by atoms with Gasteiger partial charge in [-0.25, -0.2) is 9.67 Å². The van der Waals surface area contributed by atoms with E-state index in [1.165, 1.54) is 22.8 Å². The van der Waals surface area contributed by atoms with Crippen molar-refractivity contribution in [2.45, 2.75) is 33.4 Å². The predicted molar refractivity (Wildman–Crippen MR) is 110 cm³/mol. The summed E-state index contributed by atoms with van der Waals surface area (Å²) < 4.78 is 1.55. The zero-order chi connectivity index (χ0) is 19.7. The van der Waals surface area contributed by atoms with Gasteiger partial charge in [0.25, 0.3) is 0 Å². The first kappa shape index (κ1) is 18.0. The fourth-order valence-electron chi connectivity index (χ4n) is 3.56. The number of H-pyrrole nitrogens is 1. The van der Waals surface area contributed by atoms with E-state index < -0.39 is 6.04 Å². The number of benzene rings is 2. The van der Waals surface area contributed by atoms with Crippen LogP contribution in [0.3, 0.4) is 0 Å². The molecule has 0 fully saturated rings. The van der Waals surface area contributed by atoms with Gasteiger partial charge in [0.15, 0.2) is 0 Å². The SMILES string of the molecule is Cc1cc(CNC(=O)[C@@H](C)n2cncn2)c2[nH]c(-c3ccccc3)c(C)c2c1. The highest BCUT2D eigenvalue weighted by molar-refractivity contribution is 5.93. The molecule has 0 saturated heterocycles. The Balaban J connectivity index is 1.65. The first-order valence-corrected chi connectivity index (χ1v) is 9.33. The van der Waals surface area contributed by atoms with E-state index in [0.29, 0.717) is 6.54 Å². The minimum atomic E-state index is -0.409. The second-order valence-corrected chi connectivity index (χ2v) is 7.11. The monoisotopic (exact) mass is 373 g/mol. The number of aromatic nitrogens is 4. The molecule has 2 aromatic heterocycles. The van der Waals surface area contributed by atoms with Crippen molar-refractivity contribution in [3.05, 3.63) is 71.8 Å². The number of rotatable bonds is 5. The molecule has 0 spiro atoms. The Hall–Kier alpha value is -3.41. The smallest absolute Gasteiger partial charge is 0.244 e. The fourth-order valence-corrected chi connectivity index (χ4v) is 3.56. The number of aromatic amines is 1. The van der Waals surface area contributed by atoms with Gasteiger partial charge in [0, 0.05) is 17.6 Å². The van der Waals surface area contributed by atoms with E-state index in [1.54, 1.807) is 11.0 Å². The summed E-state index contributed by atoms with van der Waals surface area (Å²) in [6, 6.07) is 14.2. The molecule has 6 nitrogen and oxygen atoms in total. The molecule has 142 valence electrons. The van der Waals surface area contributed by atoms with Crippen LogP contribution >= 0.6 is 0 Å². The quantitative estimate of drug-likeness (QED) is 0.557. The predicted octanol–water partition coefficient (Wildman–Crippen LogP) is 3.92. The molecule has 1 atom stereocenters. The molecule has 0 saturated carbocycles. The van der Waals surface area contributed by atoms with E-state index in [4.69, 9.17) is 0 Å². The van der Waals surface area contributed by atoms with Gasteiger partial charge in [0.2, 0.25) is 5.91 Å². The lowest BCUT2D eigenvalue weighted by Crippen LogP contribution is -2.30. The molecular formula is C22H23N5O. The zero-order valence-electron chi connectivity index (χ0n) is 16.2. The molecular weight excluding hydrogens is 350 g/mol. The fraction of sp³-hybridized carbons (Fsp3) is 0.227. The van der Waals surface area contributed by atoms with Crippen LogP contribution in [0, 0.1) is 13.8 Å². The lowest BCUT2D eigenvalue weighted by atomic mass is 10.0. The Bertz CT molecular complexity index is 1110. The van der Waals surface area contributed by atoms with E-state index in [9.17, 15) is 4.79 Å². The topological polar surface area (TPSA) is 75.6 Å². The minimum absolute atomic E-state index is 0.0910. The maximum Gasteiger partial charge on any atom is 0.244 e. The van der Waals surface area contributed by atoms with Crippen LogP contribution in [-0.4, -0.2) is 25.7 Å². The molecule has 28 heavy (non-hydrogen) atoms. The summed E-state index contributed by atoms with van der Waals surface area (Å²) in [5.41, 5.74) is 6.79. The molecule has 4 rings (SSSR count). The Morgan fingerprint density at radius 2 is 2.00 bits per heavy atom. The second-order valence-electron chi connectivity index (χ2n) is 7.11. The molecule has 6 heteroatoms. The Morgan fingerprint density at radius 3 is 2.71 bits per heavy atom. The first-order chi connectivity index (χ1) is 13.5. The standard InChI is InChI=1S/C22H23N5O/c1-14-9-18(11-24-22(28)16(3)27-13-23-12-25-27)21-19(10-14)15(2)20(26-21)17-7-5-4-6-8-17/h4-10,12-13,16,26H,11H2,1-3H3,(H,24,28)/t16-/m1/s1. The summed E-state index contributed by atoms with van der Waals surface area (Å²) in [7, 11) is 0. The molecule has 1 amide bonds. The lowest BCUT2D eigenvalue weighted by Gasteiger charge is -2.13. The van der Waals surface area contributed by atoms with Gasteiger partial charge in [-0.05, 0) is 43.5 Å². The number of fused-ring (bicyclic) bond motifs is 1. The van der Waals surface area contributed by atoms with Crippen LogP contribution in [-0.2, 0) is 11.3 Å². The molecule has 0 bridgehead atoms. The van der Waals surface area contributed by atoms with Gasteiger partial charge < -0.3 is 10.3 Å². The van der Waals surface area contributed by atoms with Gasteiger partial charge in [-0.15, -0.1) is 0 Å². The summed E-state index contributed by atoms with van der Waals surface area (Å²) in [6.45, 7) is 6.47. The van der Waals surface area contributed by atoms with Crippen molar-refractivity contribution in [3.8, 4) is 11.3 Å². The maximum atomic E-state index is 12.5. The molecule has 0 aliphatic rings. The van der Waals surface area contributed by atoms with Gasteiger partial charge >= 0.3 is 0 Å². The Labute approximate surface area is 163 Å². The van der Waals surface area contributed by atoms with Crippen molar-refractivity contribution in [3.63, 3.8) is 0 Å². The van der Waals surface area contributed by atoms with E-state index in [1.807, 2.05) is 25.1 Å². The summed E-state index contributed by atoms with van der Waals surface area (Å²) >= 11 is 0. The van der Waals surface area contributed by atoms with Crippen molar-refractivity contribution >= 4 is 16.8 Å². The number of carbonyl (C=O) groups excluding carboxylic acids is 1. The van der Waals surface area contributed by atoms with Crippen molar-refractivity contribution in [2.75, 3.05) is 0 Å². The molecule has 0 unspecified atom stereocenters. The molecule has 2 N–H and O–H groups in total. The molecule has 4 aromatic rings. The summed E-state index contributed by atoms with van der Waals surface area (Å²) in [4.78, 5) is 20.0. The number of nitrogens with one attached hydrogen (secondary N) is 2. The van der Waals surface area contributed by atoms with Crippen LogP contribution in [0.4, 0.5) is 0 Å². The third-order valence-electron chi connectivity index (χ3n) is 5.12. The number of carbonyl (C=O) groups is 1. The highest BCUT2D eigenvalue weighted by atomic mass is 16.2. The van der Waals surface area contributed by atoms with Crippen LogP contribution in [0.15, 0.2) is 55.1 Å². The Morgan fingerprint density at radius 1 is 1.21 bits per heavy atom. The van der Waals surface area contributed by atoms with E-state index >= 15 is 0 Å². The Kier molecular flexibility index (Phi) is 4.69. The molecule has 0 aliphatic heterocycles. The van der Waals surface area contributed by atoms with Crippen LogP contribution in [0.25, 0.3) is 22.2 Å². The third-order valence-corrected chi connectivity index (χ3v) is 5.12. The van der Waals surface area contributed by atoms with Crippen LogP contribution in [0.1, 0.15) is 29.7 Å². The summed E-state index contributed by atoms with van der Waals surface area (Å²) in [5.74, 6) is -0.0910. The van der Waals surface area contributed by atoms with Crippen molar-refractivity contribution in [1.82, 2.24) is 25.1 Å². The molecule has 2 heterocycles. The molecule has 0 aliphatic carbocycles. The highest BCUT2D eigenvalue weighted by Crippen LogP contribution is 2.32. The number of aryl methyl sites for hydroxylation is 2. The van der Waals surface area contributed by atoms with Crippen LogP contribution in [0.5, 0.6) is 0 Å². The van der Waals surface area contributed by atoms with Gasteiger partial charge in [0.05, 0.1) is 5.52 Å². The maximum absolute atomic E-state index is 12.5. The van der Waals surface area contributed by atoms with Crippen molar-refractivity contribution < 1.29 is 4.79 Å². The summed E-state index contributed by atoms with van der Waals surface area (Å²) in [6.07, 6.45) is 2.98. The molecule has 2 aromatic carbocycles. The second kappa shape index (κ2) is 7.31. The minimum Gasteiger partial charge on any atom is -0.354 e. The number of hydrogen-bond donors (Lipinski definition) is 2.